The molecule has 120 valence electrons. The maximum Gasteiger partial charge on any atom is 0.184 e. The van der Waals surface area contributed by atoms with Crippen LogP contribution in [0.1, 0.15) is 34.1 Å². The van der Waals surface area contributed by atoms with Gasteiger partial charge in [-0.25, -0.2) is 4.99 Å². The summed E-state index contributed by atoms with van der Waals surface area (Å²) in [6.45, 7) is 15.5. The second-order valence-corrected chi connectivity index (χ2v) is 6.39. The standard InChI is InChI=1S/C16H29N3O2/c1-13(18-11-15(17-5)16(2,3)4)21-14-7-8-19(12-14)9-10-20-6/h11,14H,5,7-10,12H2,1-4,6H3/b15-11-,18-13?/t14-/m1/s1. The van der Waals surface area contributed by atoms with Gasteiger partial charge in [0.25, 0.3) is 0 Å². The van der Waals surface area contributed by atoms with Crippen molar-refractivity contribution < 1.29 is 9.47 Å². The average Bonchev–Trinajstić information content (AvgIpc) is 2.83. The molecule has 0 N–H and O–H groups in total. The number of allylic oxidation sites excluding steroid dienone is 1. The number of nitrogens with zero attached hydrogens (tertiary/aromatic N) is 3. The van der Waals surface area contributed by atoms with Crippen molar-refractivity contribution in [1.82, 2.24) is 4.90 Å². The lowest BCUT2D eigenvalue weighted by Crippen LogP contribution is -2.27. The van der Waals surface area contributed by atoms with E-state index in [-0.39, 0.29) is 11.5 Å². The van der Waals surface area contributed by atoms with Gasteiger partial charge in [-0.05, 0) is 13.1 Å². The fourth-order valence-corrected chi connectivity index (χ4v) is 2.21. The summed E-state index contributed by atoms with van der Waals surface area (Å²) in [5, 5.41) is 0. The van der Waals surface area contributed by atoms with E-state index in [1.807, 2.05) is 6.92 Å². The molecule has 1 heterocycles. The molecule has 0 spiro atoms. The molecule has 1 aliphatic heterocycles. The third-order valence-corrected chi connectivity index (χ3v) is 3.49. The third-order valence-electron chi connectivity index (χ3n) is 3.49. The molecule has 0 bridgehead atoms. The largest absolute Gasteiger partial charge is 0.476 e. The van der Waals surface area contributed by atoms with Gasteiger partial charge in [-0.2, -0.15) is 0 Å². The molecule has 5 nitrogen and oxygen atoms in total. The van der Waals surface area contributed by atoms with E-state index in [0.29, 0.717) is 5.90 Å². The minimum atomic E-state index is -0.0597. The Labute approximate surface area is 128 Å². The van der Waals surface area contributed by atoms with E-state index >= 15 is 0 Å². The Bertz CT molecular complexity index is 397. The van der Waals surface area contributed by atoms with Crippen molar-refractivity contribution in [3.63, 3.8) is 0 Å². The van der Waals surface area contributed by atoms with Crippen LogP contribution in [0.4, 0.5) is 0 Å². The van der Waals surface area contributed by atoms with E-state index in [9.17, 15) is 0 Å². The van der Waals surface area contributed by atoms with E-state index in [0.717, 1.165) is 38.4 Å². The van der Waals surface area contributed by atoms with Crippen molar-refractivity contribution in [2.24, 2.45) is 15.4 Å². The Morgan fingerprint density at radius 3 is 2.71 bits per heavy atom. The molecule has 21 heavy (non-hydrogen) atoms. The summed E-state index contributed by atoms with van der Waals surface area (Å²) in [7, 11) is 1.73. The molecule has 1 aliphatic rings. The minimum Gasteiger partial charge on any atom is -0.476 e. The Kier molecular flexibility index (Phi) is 7.05. The Morgan fingerprint density at radius 1 is 1.43 bits per heavy atom. The van der Waals surface area contributed by atoms with Gasteiger partial charge in [0, 0.05) is 39.1 Å². The van der Waals surface area contributed by atoms with Gasteiger partial charge in [0.05, 0.1) is 18.5 Å². The Hall–Kier alpha value is -1.20. The molecule has 0 saturated carbocycles. The average molecular weight is 295 g/mol. The van der Waals surface area contributed by atoms with Crippen LogP contribution >= 0.6 is 0 Å². The monoisotopic (exact) mass is 295 g/mol. The Morgan fingerprint density at radius 2 is 2.14 bits per heavy atom. The Balaban J connectivity index is 2.50. The molecule has 5 heteroatoms. The van der Waals surface area contributed by atoms with Crippen molar-refractivity contribution in [3.8, 4) is 0 Å². The smallest absolute Gasteiger partial charge is 0.184 e. The summed E-state index contributed by atoms with van der Waals surface area (Å²) < 4.78 is 11.0. The van der Waals surface area contributed by atoms with Gasteiger partial charge in [-0.15, -0.1) is 0 Å². The molecule has 0 aromatic rings. The maximum absolute atomic E-state index is 5.89. The molecule has 0 unspecified atom stereocenters. The fraction of sp³-hybridized carbons (Fsp3) is 0.750. The van der Waals surface area contributed by atoms with Gasteiger partial charge in [-0.1, -0.05) is 20.8 Å². The third kappa shape index (κ3) is 6.40. The van der Waals surface area contributed by atoms with Crippen molar-refractivity contribution in [3.05, 3.63) is 11.9 Å². The summed E-state index contributed by atoms with van der Waals surface area (Å²) >= 11 is 0. The zero-order valence-electron chi connectivity index (χ0n) is 14.1. The number of aliphatic imine (C=N–C) groups is 2. The van der Waals surface area contributed by atoms with E-state index in [4.69, 9.17) is 9.47 Å². The molecule has 1 atom stereocenters. The van der Waals surface area contributed by atoms with Gasteiger partial charge < -0.3 is 9.47 Å². The lowest BCUT2D eigenvalue weighted by atomic mass is 9.93. The van der Waals surface area contributed by atoms with E-state index in [2.05, 4.69) is 42.4 Å². The predicted octanol–water partition coefficient (Wildman–Crippen LogP) is 2.73. The molecular formula is C16H29N3O2. The predicted molar refractivity (Wildman–Crippen MR) is 88.0 cm³/mol. The lowest BCUT2D eigenvalue weighted by Gasteiger charge is -2.18. The molecular weight excluding hydrogens is 266 g/mol. The lowest BCUT2D eigenvalue weighted by molar-refractivity contribution is 0.145. The summed E-state index contributed by atoms with van der Waals surface area (Å²) in [5.74, 6) is 0.680. The van der Waals surface area contributed by atoms with Crippen molar-refractivity contribution in [2.45, 2.75) is 40.2 Å². The van der Waals surface area contributed by atoms with Crippen molar-refractivity contribution >= 4 is 12.6 Å². The number of methoxy groups -OCH3 is 1. The van der Waals surface area contributed by atoms with Crippen LogP contribution in [0.2, 0.25) is 0 Å². The highest BCUT2D eigenvalue weighted by molar-refractivity contribution is 5.74. The molecule has 1 rings (SSSR count). The highest BCUT2D eigenvalue weighted by atomic mass is 16.5. The summed E-state index contributed by atoms with van der Waals surface area (Å²) in [6.07, 6.45) is 3.00. The van der Waals surface area contributed by atoms with E-state index < -0.39 is 0 Å². The highest BCUT2D eigenvalue weighted by Crippen LogP contribution is 2.25. The summed E-state index contributed by atoms with van der Waals surface area (Å²) in [6, 6.07) is 0. The van der Waals surface area contributed by atoms with Crippen LogP contribution in [-0.2, 0) is 9.47 Å². The molecule has 0 aliphatic carbocycles. The highest BCUT2D eigenvalue weighted by Gasteiger charge is 2.23. The minimum absolute atomic E-state index is 0.0597. The summed E-state index contributed by atoms with van der Waals surface area (Å²) in [4.78, 5) is 10.8. The number of likely N-dealkylation sites (tertiary alicyclic amines) is 1. The quantitative estimate of drug-likeness (QED) is 0.559. The van der Waals surface area contributed by atoms with Crippen LogP contribution in [-0.4, -0.2) is 57.0 Å². The molecule has 1 saturated heterocycles. The fourth-order valence-electron chi connectivity index (χ4n) is 2.21. The van der Waals surface area contributed by atoms with Gasteiger partial charge in [0.15, 0.2) is 5.90 Å². The number of rotatable bonds is 6. The second-order valence-electron chi connectivity index (χ2n) is 6.39. The van der Waals surface area contributed by atoms with Crippen LogP contribution in [0.25, 0.3) is 0 Å². The number of hydrogen-bond donors (Lipinski definition) is 0. The SMILES string of the molecule is C=N/C(=C\N=C(C)O[C@@H]1CCN(CCOC)C1)C(C)(C)C. The van der Waals surface area contributed by atoms with Crippen molar-refractivity contribution in [2.75, 3.05) is 33.4 Å². The first kappa shape index (κ1) is 17.9. The maximum atomic E-state index is 5.89. The topological polar surface area (TPSA) is 46.4 Å². The van der Waals surface area contributed by atoms with E-state index in [1.165, 1.54) is 0 Å². The van der Waals surface area contributed by atoms with Gasteiger partial charge in [-0.3, -0.25) is 9.89 Å². The number of ether oxygens (including phenoxy) is 2. The molecule has 0 aromatic carbocycles. The first-order chi connectivity index (χ1) is 9.86. The summed E-state index contributed by atoms with van der Waals surface area (Å²) in [5.41, 5.74) is 0.800. The van der Waals surface area contributed by atoms with E-state index in [1.54, 1.807) is 13.3 Å². The number of hydrogen-bond acceptors (Lipinski definition) is 5. The molecule has 0 radical (unpaired) electrons. The van der Waals surface area contributed by atoms with Crippen LogP contribution in [0.5, 0.6) is 0 Å². The van der Waals surface area contributed by atoms with Crippen LogP contribution in [0.3, 0.4) is 0 Å². The zero-order chi connectivity index (χ0) is 15.9. The second kappa shape index (κ2) is 8.29. The van der Waals surface area contributed by atoms with Gasteiger partial charge in [0.1, 0.15) is 6.10 Å². The van der Waals surface area contributed by atoms with Crippen LogP contribution in [0.15, 0.2) is 21.9 Å². The normalized spacial score (nSPS) is 21.7. The van der Waals surface area contributed by atoms with Gasteiger partial charge in [0.2, 0.25) is 0 Å². The first-order valence-corrected chi connectivity index (χ1v) is 7.46. The van der Waals surface area contributed by atoms with Crippen molar-refractivity contribution in [1.29, 1.82) is 0 Å². The van der Waals surface area contributed by atoms with Crippen LogP contribution in [0, 0.1) is 5.41 Å². The first-order valence-electron chi connectivity index (χ1n) is 7.46. The van der Waals surface area contributed by atoms with Gasteiger partial charge >= 0.3 is 0 Å². The van der Waals surface area contributed by atoms with Crippen LogP contribution < -0.4 is 0 Å². The molecule has 0 amide bonds. The zero-order valence-corrected chi connectivity index (χ0v) is 14.1. The molecule has 1 fully saturated rings. The molecule has 0 aromatic heterocycles.